The van der Waals surface area contributed by atoms with Crippen LogP contribution in [0.3, 0.4) is 0 Å². The van der Waals surface area contributed by atoms with Crippen LogP contribution < -0.4 is 5.32 Å². The summed E-state index contributed by atoms with van der Waals surface area (Å²) < 4.78 is 5.43. The number of nitrogens with one attached hydrogen (secondary N) is 1. The fraction of sp³-hybridized carbons (Fsp3) is 0.941. The van der Waals surface area contributed by atoms with Gasteiger partial charge in [0.25, 0.3) is 0 Å². The van der Waals surface area contributed by atoms with Gasteiger partial charge in [0.15, 0.2) is 0 Å². The molecule has 2 fully saturated rings. The van der Waals surface area contributed by atoms with E-state index in [1.807, 2.05) is 6.92 Å². The van der Waals surface area contributed by atoms with Crippen molar-refractivity contribution in [1.29, 1.82) is 0 Å². The van der Waals surface area contributed by atoms with Gasteiger partial charge >= 0.3 is 5.97 Å². The predicted molar refractivity (Wildman–Crippen MR) is 85.2 cm³/mol. The number of ether oxygens (including phenoxy) is 1. The highest BCUT2D eigenvalue weighted by Crippen LogP contribution is 2.41. The first-order valence-corrected chi connectivity index (χ1v) is 8.77. The van der Waals surface area contributed by atoms with Crippen LogP contribution >= 0.6 is 0 Å². The molecule has 0 spiro atoms. The number of hydrogen-bond acceptors (Lipinski definition) is 4. The van der Waals surface area contributed by atoms with Crippen LogP contribution in [0.5, 0.6) is 0 Å². The van der Waals surface area contributed by atoms with Crippen molar-refractivity contribution in [3.05, 3.63) is 0 Å². The summed E-state index contributed by atoms with van der Waals surface area (Å²) in [6.45, 7) is 10.7. The molecule has 1 heterocycles. The summed E-state index contributed by atoms with van der Waals surface area (Å²) in [5.74, 6) is 1.23. The van der Waals surface area contributed by atoms with Crippen molar-refractivity contribution in [1.82, 2.24) is 10.2 Å². The van der Waals surface area contributed by atoms with E-state index >= 15 is 0 Å². The Morgan fingerprint density at radius 1 is 1.24 bits per heavy atom. The Hall–Kier alpha value is -0.610. The van der Waals surface area contributed by atoms with Crippen LogP contribution in [0.2, 0.25) is 0 Å². The topological polar surface area (TPSA) is 41.6 Å². The van der Waals surface area contributed by atoms with Gasteiger partial charge in [-0.3, -0.25) is 0 Å². The number of rotatable bonds is 7. The maximum atomic E-state index is 12.6. The lowest BCUT2D eigenvalue weighted by atomic mass is 9.91. The van der Waals surface area contributed by atoms with E-state index < -0.39 is 5.54 Å². The highest BCUT2D eigenvalue weighted by atomic mass is 16.5. The highest BCUT2D eigenvalue weighted by Gasteiger charge is 2.52. The molecule has 21 heavy (non-hydrogen) atoms. The number of esters is 1. The largest absolute Gasteiger partial charge is 0.465 e. The molecule has 0 radical (unpaired) electrons. The van der Waals surface area contributed by atoms with Gasteiger partial charge in [0.1, 0.15) is 5.54 Å². The second-order valence-corrected chi connectivity index (χ2v) is 6.81. The van der Waals surface area contributed by atoms with Crippen molar-refractivity contribution in [2.24, 2.45) is 11.8 Å². The number of carbonyl (C=O) groups excluding carboxylic acids is 1. The smallest absolute Gasteiger partial charge is 0.327 e. The van der Waals surface area contributed by atoms with E-state index in [0.29, 0.717) is 12.5 Å². The molecule has 2 rings (SSSR count). The minimum absolute atomic E-state index is 0.0355. The molecule has 0 aromatic carbocycles. The number of carbonyl (C=O) groups is 1. The standard InChI is InChI=1S/C17H32N2O2/c1-4-18-17(15-8-9-15,16(20)21-5-2)13-19-11-6-7-14(3)10-12-19/h14-15,18H,4-13H2,1-3H3. The Morgan fingerprint density at radius 3 is 2.62 bits per heavy atom. The van der Waals surface area contributed by atoms with Crippen molar-refractivity contribution >= 4 is 5.97 Å². The summed E-state index contributed by atoms with van der Waals surface area (Å²) in [7, 11) is 0. The van der Waals surface area contributed by atoms with Crippen molar-refractivity contribution < 1.29 is 9.53 Å². The van der Waals surface area contributed by atoms with Crippen LogP contribution in [-0.2, 0) is 9.53 Å². The molecule has 1 saturated heterocycles. The molecule has 1 N–H and O–H groups in total. The Bertz CT molecular complexity index is 344. The van der Waals surface area contributed by atoms with Gasteiger partial charge in [-0.05, 0) is 70.5 Å². The van der Waals surface area contributed by atoms with Crippen molar-refractivity contribution in [3.8, 4) is 0 Å². The molecule has 2 atom stereocenters. The Labute approximate surface area is 129 Å². The summed E-state index contributed by atoms with van der Waals surface area (Å²) in [5.41, 5.74) is -0.474. The molecule has 2 unspecified atom stereocenters. The molecule has 1 aliphatic heterocycles. The average Bonchev–Trinajstić information content (AvgIpc) is 3.28. The molecule has 0 amide bonds. The van der Waals surface area contributed by atoms with Gasteiger partial charge in [0.2, 0.25) is 0 Å². The van der Waals surface area contributed by atoms with Crippen LogP contribution in [-0.4, -0.2) is 49.2 Å². The van der Waals surface area contributed by atoms with Crippen LogP contribution in [0.25, 0.3) is 0 Å². The minimum Gasteiger partial charge on any atom is -0.465 e. The van der Waals surface area contributed by atoms with Crippen molar-refractivity contribution in [3.63, 3.8) is 0 Å². The van der Waals surface area contributed by atoms with E-state index in [2.05, 4.69) is 24.1 Å². The molecule has 0 aromatic heterocycles. The fourth-order valence-electron chi connectivity index (χ4n) is 3.62. The molecule has 4 nitrogen and oxygen atoms in total. The highest BCUT2D eigenvalue weighted by molar-refractivity contribution is 5.82. The average molecular weight is 296 g/mol. The van der Waals surface area contributed by atoms with Gasteiger partial charge in [-0.1, -0.05) is 13.8 Å². The molecule has 0 bridgehead atoms. The maximum Gasteiger partial charge on any atom is 0.327 e. The third-order valence-corrected chi connectivity index (χ3v) is 4.99. The van der Waals surface area contributed by atoms with E-state index in [9.17, 15) is 4.79 Å². The lowest BCUT2D eigenvalue weighted by Gasteiger charge is -2.37. The zero-order valence-corrected chi connectivity index (χ0v) is 14.0. The van der Waals surface area contributed by atoms with E-state index in [4.69, 9.17) is 4.74 Å². The quantitative estimate of drug-likeness (QED) is 0.733. The molecule has 1 aliphatic carbocycles. The first kappa shape index (κ1) is 16.8. The molecule has 1 saturated carbocycles. The first-order valence-electron chi connectivity index (χ1n) is 8.77. The second-order valence-electron chi connectivity index (χ2n) is 6.81. The summed E-state index contributed by atoms with van der Waals surface area (Å²) in [5, 5.41) is 3.51. The third kappa shape index (κ3) is 4.19. The first-order chi connectivity index (χ1) is 10.1. The van der Waals surface area contributed by atoms with Crippen LogP contribution in [0, 0.1) is 11.8 Å². The van der Waals surface area contributed by atoms with E-state index in [1.165, 1.54) is 19.3 Å². The summed E-state index contributed by atoms with van der Waals surface area (Å²) in [4.78, 5) is 15.1. The minimum atomic E-state index is -0.474. The van der Waals surface area contributed by atoms with Gasteiger partial charge in [-0.15, -0.1) is 0 Å². The molecule has 0 aromatic rings. The van der Waals surface area contributed by atoms with Gasteiger partial charge < -0.3 is 15.0 Å². The molecule has 122 valence electrons. The van der Waals surface area contributed by atoms with Gasteiger partial charge in [0.05, 0.1) is 6.61 Å². The van der Waals surface area contributed by atoms with Crippen LogP contribution in [0.4, 0.5) is 0 Å². The second kappa shape index (κ2) is 7.59. The fourth-order valence-corrected chi connectivity index (χ4v) is 3.62. The van der Waals surface area contributed by atoms with E-state index in [0.717, 1.165) is 44.9 Å². The summed E-state index contributed by atoms with van der Waals surface area (Å²) >= 11 is 0. The van der Waals surface area contributed by atoms with Crippen LogP contribution in [0.1, 0.15) is 52.9 Å². The predicted octanol–water partition coefficient (Wildman–Crippen LogP) is 2.43. The maximum absolute atomic E-state index is 12.6. The number of hydrogen-bond donors (Lipinski definition) is 1. The van der Waals surface area contributed by atoms with Gasteiger partial charge in [-0.25, -0.2) is 4.79 Å². The lowest BCUT2D eigenvalue weighted by Crippen LogP contribution is -2.61. The monoisotopic (exact) mass is 296 g/mol. The Balaban J connectivity index is 2.08. The third-order valence-electron chi connectivity index (χ3n) is 4.99. The SMILES string of the molecule is CCNC(CN1CCCC(C)CC1)(C(=O)OCC)C1CC1. The number of likely N-dealkylation sites (N-methyl/N-ethyl adjacent to an activating group) is 1. The molecular weight excluding hydrogens is 264 g/mol. The summed E-state index contributed by atoms with van der Waals surface area (Å²) in [6.07, 6.45) is 6.10. The van der Waals surface area contributed by atoms with Crippen molar-refractivity contribution in [2.75, 3.05) is 32.8 Å². The molecular formula is C17H32N2O2. The van der Waals surface area contributed by atoms with Crippen molar-refractivity contribution in [2.45, 2.75) is 58.4 Å². The van der Waals surface area contributed by atoms with E-state index in [-0.39, 0.29) is 5.97 Å². The zero-order valence-electron chi connectivity index (χ0n) is 14.0. The molecule has 2 aliphatic rings. The van der Waals surface area contributed by atoms with E-state index in [1.54, 1.807) is 0 Å². The zero-order chi connectivity index (χ0) is 15.3. The Morgan fingerprint density at radius 2 is 2.00 bits per heavy atom. The normalized spacial score (nSPS) is 26.9. The lowest BCUT2D eigenvalue weighted by molar-refractivity contribution is -0.153. The van der Waals surface area contributed by atoms with Gasteiger partial charge in [-0.2, -0.15) is 0 Å². The Kier molecular flexibility index (Phi) is 6.06. The number of nitrogens with zero attached hydrogens (tertiary/aromatic N) is 1. The summed E-state index contributed by atoms with van der Waals surface area (Å²) in [6, 6.07) is 0. The van der Waals surface area contributed by atoms with Crippen LogP contribution in [0.15, 0.2) is 0 Å². The molecule has 4 heteroatoms. The van der Waals surface area contributed by atoms with Gasteiger partial charge in [0, 0.05) is 6.54 Å². The number of likely N-dealkylation sites (tertiary alicyclic amines) is 1.